The number of nitrogens with zero attached hydrogens (tertiary/aromatic N) is 2. The van der Waals surface area contributed by atoms with Crippen LogP contribution in [0.5, 0.6) is 11.5 Å². The molecule has 6 nitrogen and oxygen atoms in total. The number of anilines is 1. The highest BCUT2D eigenvalue weighted by Gasteiger charge is 2.33. The van der Waals surface area contributed by atoms with E-state index >= 15 is 0 Å². The van der Waals surface area contributed by atoms with Gasteiger partial charge in [0.2, 0.25) is 0 Å². The van der Waals surface area contributed by atoms with Crippen LogP contribution in [0.4, 0.5) is 10.5 Å². The van der Waals surface area contributed by atoms with Gasteiger partial charge in [0, 0.05) is 22.8 Å². The van der Waals surface area contributed by atoms with Gasteiger partial charge in [-0.3, -0.25) is 0 Å². The van der Waals surface area contributed by atoms with Gasteiger partial charge < -0.3 is 24.3 Å². The van der Waals surface area contributed by atoms with E-state index in [1.165, 1.54) is 0 Å². The number of urea groups is 1. The van der Waals surface area contributed by atoms with Gasteiger partial charge in [-0.15, -0.1) is 11.3 Å². The topological polar surface area (TPSA) is 55.7 Å². The van der Waals surface area contributed by atoms with Crippen molar-refractivity contribution in [2.24, 2.45) is 0 Å². The van der Waals surface area contributed by atoms with Crippen LogP contribution in [-0.4, -0.2) is 29.7 Å². The van der Waals surface area contributed by atoms with Gasteiger partial charge in [-0.25, -0.2) is 4.79 Å². The summed E-state index contributed by atoms with van der Waals surface area (Å²) in [6, 6.07) is 21.4. The number of benzene rings is 2. The SMILES string of the molecule is COc1ccc(NC(=O)N2Cc3ccccc3-n3cccc3[C@H]2c2cccs2)cc1OC. The molecule has 0 fully saturated rings. The van der Waals surface area contributed by atoms with Gasteiger partial charge in [-0.1, -0.05) is 24.3 Å². The molecule has 1 N–H and O–H groups in total. The van der Waals surface area contributed by atoms with Crippen LogP contribution in [-0.2, 0) is 6.54 Å². The van der Waals surface area contributed by atoms with Crippen molar-refractivity contribution in [3.05, 3.63) is 94.4 Å². The van der Waals surface area contributed by atoms with Gasteiger partial charge in [0.25, 0.3) is 0 Å². The van der Waals surface area contributed by atoms with Gasteiger partial charge >= 0.3 is 6.03 Å². The molecule has 2 aromatic heterocycles. The second-order valence-corrected chi connectivity index (χ2v) is 8.46. The maximum Gasteiger partial charge on any atom is 0.323 e. The van der Waals surface area contributed by atoms with Gasteiger partial charge in [-0.2, -0.15) is 0 Å². The van der Waals surface area contributed by atoms with E-state index in [2.05, 4.69) is 40.3 Å². The standard InChI is InChI=1S/C25H23N3O3S/c1-30-21-12-11-18(15-22(21)31-2)26-25(29)28-16-17-7-3-4-8-19(17)27-13-5-9-20(27)24(28)23-10-6-14-32-23/h3-15,24H,16H2,1-2H3,(H,26,29)/t24-/m0/s1. The summed E-state index contributed by atoms with van der Waals surface area (Å²) in [4.78, 5) is 16.7. The highest BCUT2D eigenvalue weighted by atomic mass is 32.1. The number of fused-ring (bicyclic) bond motifs is 3. The van der Waals surface area contributed by atoms with E-state index in [-0.39, 0.29) is 12.1 Å². The van der Waals surface area contributed by atoms with Crippen LogP contribution in [0.1, 0.15) is 22.2 Å². The molecule has 0 aliphatic carbocycles. The highest BCUT2D eigenvalue weighted by Crippen LogP contribution is 2.39. The van der Waals surface area contributed by atoms with Crippen molar-refractivity contribution in [3.8, 4) is 17.2 Å². The molecule has 1 atom stereocenters. The molecule has 7 heteroatoms. The Morgan fingerprint density at radius 3 is 2.62 bits per heavy atom. The lowest BCUT2D eigenvalue weighted by Crippen LogP contribution is -2.37. The quantitative estimate of drug-likeness (QED) is 0.439. The number of thiophene rings is 1. The summed E-state index contributed by atoms with van der Waals surface area (Å²) in [5, 5.41) is 5.10. The zero-order valence-corrected chi connectivity index (χ0v) is 18.6. The van der Waals surface area contributed by atoms with Crippen LogP contribution in [0.3, 0.4) is 0 Å². The van der Waals surface area contributed by atoms with Crippen molar-refractivity contribution in [2.45, 2.75) is 12.6 Å². The molecular formula is C25H23N3O3S. The van der Waals surface area contributed by atoms with Crippen molar-refractivity contribution < 1.29 is 14.3 Å². The number of carbonyl (C=O) groups is 1. The zero-order chi connectivity index (χ0) is 22.1. The Kier molecular flexibility index (Phi) is 5.33. The summed E-state index contributed by atoms with van der Waals surface area (Å²) >= 11 is 1.65. The molecule has 0 radical (unpaired) electrons. The molecular weight excluding hydrogens is 422 g/mol. The lowest BCUT2D eigenvalue weighted by Gasteiger charge is -2.30. The van der Waals surface area contributed by atoms with Crippen LogP contribution < -0.4 is 14.8 Å². The van der Waals surface area contributed by atoms with Crippen LogP contribution in [0.15, 0.2) is 78.3 Å². The predicted molar refractivity (Wildman–Crippen MR) is 126 cm³/mol. The number of aromatic nitrogens is 1. The van der Waals surface area contributed by atoms with E-state index in [0.29, 0.717) is 23.7 Å². The smallest absolute Gasteiger partial charge is 0.323 e. The fourth-order valence-corrected chi connectivity index (χ4v) is 5.04. The fourth-order valence-electron chi connectivity index (χ4n) is 4.19. The van der Waals surface area contributed by atoms with Gasteiger partial charge in [0.1, 0.15) is 6.04 Å². The summed E-state index contributed by atoms with van der Waals surface area (Å²) in [6.45, 7) is 0.486. The molecule has 0 unspecified atom stereocenters. The number of hydrogen-bond acceptors (Lipinski definition) is 4. The molecule has 0 bridgehead atoms. The Bertz CT molecular complexity index is 1250. The summed E-state index contributed by atoms with van der Waals surface area (Å²) in [5.41, 5.74) is 3.88. The third-order valence-corrected chi connectivity index (χ3v) is 6.60. The first-order valence-electron chi connectivity index (χ1n) is 10.3. The second-order valence-electron chi connectivity index (χ2n) is 7.48. The minimum atomic E-state index is -0.211. The van der Waals surface area contributed by atoms with Crippen molar-refractivity contribution in [2.75, 3.05) is 19.5 Å². The molecule has 0 spiro atoms. The van der Waals surface area contributed by atoms with Gasteiger partial charge in [0.05, 0.1) is 32.1 Å². The highest BCUT2D eigenvalue weighted by molar-refractivity contribution is 7.10. The van der Waals surface area contributed by atoms with Crippen LogP contribution in [0.2, 0.25) is 0 Å². The number of rotatable bonds is 4. The third-order valence-electron chi connectivity index (χ3n) is 5.67. The minimum Gasteiger partial charge on any atom is -0.493 e. The van der Waals surface area contributed by atoms with Gasteiger partial charge in [-0.05, 0) is 47.3 Å². The number of ether oxygens (including phenoxy) is 2. The Balaban J connectivity index is 1.56. The van der Waals surface area contributed by atoms with E-state index in [0.717, 1.165) is 21.8 Å². The molecule has 1 aliphatic heterocycles. The van der Waals surface area contributed by atoms with E-state index in [9.17, 15) is 4.79 Å². The number of nitrogens with one attached hydrogen (secondary N) is 1. The summed E-state index contributed by atoms with van der Waals surface area (Å²) in [6.07, 6.45) is 2.06. The largest absolute Gasteiger partial charge is 0.493 e. The molecule has 1 aliphatic rings. The van der Waals surface area contributed by atoms with E-state index < -0.39 is 0 Å². The number of methoxy groups -OCH3 is 2. The molecule has 4 aromatic rings. The van der Waals surface area contributed by atoms with Crippen LogP contribution >= 0.6 is 11.3 Å². The predicted octanol–water partition coefficient (Wildman–Crippen LogP) is 5.69. The third kappa shape index (κ3) is 3.50. The maximum atomic E-state index is 13.7. The van der Waals surface area contributed by atoms with Crippen molar-refractivity contribution >= 4 is 23.1 Å². The summed E-state index contributed by atoms with van der Waals surface area (Å²) in [7, 11) is 3.17. The summed E-state index contributed by atoms with van der Waals surface area (Å²) < 4.78 is 12.9. The minimum absolute atomic E-state index is 0.180. The number of para-hydroxylation sites is 1. The first-order chi connectivity index (χ1) is 15.7. The van der Waals surface area contributed by atoms with Crippen LogP contribution in [0, 0.1) is 0 Å². The fraction of sp³-hybridized carbons (Fsp3) is 0.160. The number of hydrogen-bond donors (Lipinski definition) is 1. The van der Waals surface area contributed by atoms with E-state index in [4.69, 9.17) is 9.47 Å². The molecule has 162 valence electrons. The van der Waals surface area contributed by atoms with E-state index in [1.54, 1.807) is 37.7 Å². The first-order valence-corrected chi connectivity index (χ1v) is 11.2. The lowest BCUT2D eigenvalue weighted by atomic mass is 10.1. The molecule has 3 heterocycles. The zero-order valence-electron chi connectivity index (χ0n) is 17.8. The molecule has 5 rings (SSSR count). The Morgan fingerprint density at radius 2 is 1.84 bits per heavy atom. The molecule has 0 saturated carbocycles. The molecule has 2 amide bonds. The summed E-state index contributed by atoms with van der Waals surface area (Å²) in [5.74, 6) is 1.18. The Labute approximate surface area is 190 Å². The number of carbonyl (C=O) groups excluding carboxylic acids is 1. The van der Waals surface area contributed by atoms with Crippen molar-refractivity contribution in [3.63, 3.8) is 0 Å². The van der Waals surface area contributed by atoms with E-state index in [1.807, 2.05) is 40.6 Å². The molecule has 2 aromatic carbocycles. The molecule has 32 heavy (non-hydrogen) atoms. The normalized spacial score (nSPS) is 14.8. The molecule has 0 saturated heterocycles. The van der Waals surface area contributed by atoms with Crippen molar-refractivity contribution in [1.82, 2.24) is 9.47 Å². The van der Waals surface area contributed by atoms with Crippen molar-refractivity contribution in [1.29, 1.82) is 0 Å². The first kappa shape index (κ1) is 20.2. The second kappa shape index (κ2) is 8.43. The monoisotopic (exact) mass is 445 g/mol. The average molecular weight is 446 g/mol. The number of amides is 2. The van der Waals surface area contributed by atoms with Gasteiger partial charge in [0.15, 0.2) is 11.5 Å². The lowest BCUT2D eigenvalue weighted by molar-refractivity contribution is 0.195. The Hall–Kier alpha value is -3.71. The Morgan fingerprint density at radius 1 is 1.00 bits per heavy atom. The average Bonchev–Trinajstić information content (AvgIpc) is 3.50. The maximum absolute atomic E-state index is 13.7. The van der Waals surface area contributed by atoms with Crippen LogP contribution in [0.25, 0.3) is 5.69 Å².